The van der Waals surface area contributed by atoms with Crippen molar-refractivity contribution in [3.05, 3.63) is 91.2 Å². The molecule has 2 aromatic carbocycles. The van der Waals surface area contributed by atoms with Gasteiger partial charge in [-0.15, -0.1) is 0 Å². The third-order valence-corrected chi connectivity index (χ3v) is 5.62. The molecule has 4 rings (SSSR count). The predicted octanol–water partition coefficient (Wildman–Crippen LogP) is 3.25. The largest absolute Gasteiger partial charge is 0.416 e. The molecule has 0 unspecified atom stereocenters. The predicted molar refractivity (Wildman–Crippen MR) is 115 cm³/mol. The molecule has 7 nitrogen and oxygen atoms in total. The number of benzene rings is 2. The second-order valence-electron chi connectivity index (χ2n) is 7.72. The van der Waals surface area contributed by atoms with Gasteiger partial charge in [0.25, 0.3) is 11.5 Å². The Bertz CT molecular complexity index is 1310. The summed E-state index contributed by atoms with van der Waals surface area (Å²) in [5.41, 5.74) is -2.87. The topological polar surface area (TPSA) is 86.0 Å². The highest BCUT2D eigenvalue weighted by Crippen LogP contribution is 2.29. The number of hydrogen-bond donors (Lipinski definition) is 1. The Balaban J connectivity index is 1.82. The summed E-state index contributed by atoms with van der Waals surface area (Å²) >= 11 is 6.16. The number of carbonyl (C=O) groups excluding carboxylic acids is 1. The molecule has 1 N–H and O–H groups in total. The molecule has 0 aliphatic heterocycles. The molecule has 1 aromatic heterocycles. The van der Waals surface area contributed by atoms with Crippen molar-refractivity contribution in [1.29, 1.82) is 0 Å². The van der Waals surface area contributed by atoms with E-state index >= 15 is 0 Å². The lowest BCUT2D eigenvalue weighted by Crippen LogP contribution is -2.46. The molecule has 0 spiro atoms. The number of nitrogens with zero attached hydrogens (tertiary/aromatic N) is 3. The Morgan fingerprint density at radius 1 is 1.09 bits per heavy atom. The van der Waals surface area contributed by atoms with Gasteiger partial charge < -0.3 is 5.32 Å². The van der Waals surface area contributed by atoms with Crippen LogP contribution in [0, 0.1) is 5.92 Å². The lowest BCUT2D eigenvalue weighted by molar-refractivity contribution is -0.137. The number of alkyl halides is 3. The van der Waals surface area contributed by atoms with Crippen molar-refractivity contribution in [3.63, 3.8) is 0 Å². The van der Waals surface area contributed by atoms with E-state index < -0.39 is 34.6 Å². The first-order valence-corrected chi connectivity index (χ1v) is 10.5. The number of rotatable bonds is 6. The molecule has 1 fully saturated rings. The van der Waals surface area contributed by atoms with E-state index in [4.69, 9.17) is 11.6 Å². The van der Waals surface area contributed by atoms with Crippen molar-refractivity contribution < 1.29 is 18.0 Å². The molecule has 172 valence electrons. The summed E-state index contributed by atoms with van der Waals surface area (Å²) < 4.78 is 40.3. The second kappa shape index (κ2) is 8.86. The van der Waals surface area contributed by atoms with Crippen LogP contribution in [0.1, 0.15) is 34.5 Å². The first kappa shape index (κ1) is 22.8. The fourth-order valence-electron chi connectivity index (χ4n) is 3.20. The van der Waals surface area contributed by atoms with Gasteiger partial charge in [-0.1, -0.05) is 29.8 Å². The van der Waals surface area contributed by atoms with Crippen LogP contribution in [0.4, 0.5) is 13.2 Å². The van der Waals surface area contributed by atoms with Crippen LogP contribution in [0.25, 0.3) is 5.69 Å². The van der Waals surface area contributed by atoms with E-state index in [0.717, 1.165) is 46.4 Å². The van der Waals surface area contributed by atoms with Crippen LogP contribution in [0.3, 0.4) is 0 Å². The number of aromatic nitrogens is 3. The summed E-state index contributed by atoms with van der Waals surface area (Å²) in [4.78, 5) is 38.8. The van der Waals surface area contributed by atoms with Gasteiger partial charge in [0.1, 0.15) is 0 Å². The Labute approximate surface area is 190 Å². The van der Waals surface area contributed by atoms with Crippen molar-refractivity contribution in [2.75, 3.05) is 6.54 Å². The highest BCUT2D eigenvalue weighted by molar-refractivity contribution is 6.31. The highest BCUT2D eigenvalue weighted by atomic mass is 35.5. The van der Waals surface area contributed by atoms with Gasteiger partial charge in [0, 0.05) is 11.6 Å². The first-order chi connectivity index (χ1) is 15.6. The molecule has 3 aromatic rings. The summed E-state index contributed by atoms with van der Waals surface area (Å²) in [5, 5.41) is 6.83. The smallest absolute Gasteiger partial charge is 0.350 e. The van der Waals surface area contributed by atoms with E-state index in [2.05, 4.69) is 10.4 Å². The third-order valence-electron chi connectivity index (χ3n) is 5.25. The molecular weight excluding hydrogens is 461 g/mol. The van der Waals surface area contributed by atoms with E-state index in [9.17, 15) is 27.6 Å². The summed E-state index contributed by atoms with van der Waals surface area (Å²) in [7, 11) is 0. The Morgan fingerprint density at radius 2 is 1.76 bits per heavy atom. The van der Waals surface area contributed by atoms with Gasteiger partial charge in [-0.3, -0.25) is 14.2 Å². The monoisotopic (exact) mass is 478 g/mol. The zero-order chi connectivity index (χ0) is 23.8. The number of nitrogens with one attached hydrogen (secondary N) is 1. The molecule has 0 bridgehead atoms. The third kappa shape index (κ3) is 5.00. The zero-order valence-corrected chi connectivity index (χ0v) is 17.9. The van der Waals surface area contributed by atoms with Crippen LogP contribution < -0.4 is 16.6 Å². The molecule has 1 heterocycles. The van der Waals surface area contributed by atoms with Crippen molar-refractivity contribution in [1.82, 2.24) is 19.7 Å². The van der Waals surface area contributed by atoms with Gasteiger partial charge in [-0.05, 0) is 54.7 Å². The average molecular weight is 479 g/mol. The van der Waals surface area contributed by atoms with Gasteiger partial charge in [-0.2, -0.15) is 23.0 Å². The minimum atomic E-state index is -4.56. The number of carbonyl (C=O) groups is 1. The minimum Gasteiger partial charge on any atom is -0.350 e. The van der Waals surface area contributed by atoms with E-state index in [1.165, 1.54) is 0 Å². The SMILES string of the molecule is O=C(NCC1CC1)c1nn(-c2ccc(C(F)(F)F)cc2)c(=O)n(Cc2ccccc2Cl)c1=O. The van der Waals surface area contributed by atoms with Crippen LogP contribution in [-0.2, 0) is 12.7 Å². The van der Waals surface area contributed by atoms with Gasteiger partial charge in [0.15, 0.2) is 0 Å². The van der Waals surface area contributed by atoms with Crippen molar-refractivity contribution in [2.24, 2.45) is 5.92 Å². The number of amides is 1. The first-order valence-electron chi connectivity index (χ1n) is 10.1. The molecule has 1 aliphatic carbocycles. The van der Waals surface area contributed by atoms with Crippen LogP contribution in [0.5, 0.6) is 0 Å². The lowest BCUT2D eigenvalue weighted by Gasteiger charge is -2.13. The molecule has 1 saturated carbocycles. The fourth-order valence-corrected chi connectivity index (χ4v) is 3.39. The zero-order valence-electron chi connectivity index (χ0n) is 17.1. The number of hydrogen-bond acceptors (Lipinski definition) is 4. The van der Waals surface area contributed by atoms with Crippen LogP contribution >= 0.6 is 11.6 Å². The minimum absolute atomic E-state index is 0.0304. The fraction of sp³-hybridized carbons (Fsp3) is 0.273. The number of halogens is 4. The van der Waals surface area contributed by atoms with Crippen LogP contribution in [0.15, 0.2) is 58.1 Å². The van der Waals surface area contributed by atoms with Gasteiger partial charge in [0.05, 0.1) is 17.8 Å². The van der Waals surface area contributed by atoms with Crippen molar-refractivity contribution in [3.8, 4) is 5.69 Å². The normalized spacial score (nSPS) is 13.7. The molecule has 0 radical (unpaired) electrons. The van der Waals surface area contributed by atoms with E-state index in [0.29, 0.717) is 23.0 Å². The maximum Gasteiger partial charge on any atom is 0.416 e. The van der Waals surface area contributed by atoms with Gasteiger partial charge in [-0.25, -0.2) is 4.79 Å². The molecule has 0 saturated heterocycles. The quantitative estimate of drug-likeness (QED) is 0.589. The molecule has 11 heteroatoms. The van der Waals surface area contributed by atoms with E-state index in [1.807, 2.05) is 0 Å². The highest BCUT2D eigenvalue weighted by Gasteiger charge is 2.30. The molecular formula is C22H18ClF3N4O3. The summed E-state index contributed by atoms with van der Waals surface area (Å²) in [6, 6.07) is 10.2. The Kier molecular flexibility index (Phi) is 6.11. The van der Waals surface area contributed by atoms with Crippen LogP contribution in [0.2, 0.25) is 5.02 Å². The van der Waals surface area contributed by atoms with Crippen molar-refractivity contribution >= 4 is 17.5 Å². The van der Waals surface area contributed by atoms with E-state index in [1.54, 1.807) is 24.3 Å². The van der Waals surface area contributed by atoms with Crippen LogP contribution in [-0.4, -0.2) is 26.8 Å². The molecule has 33 heavy (non-hydrogen) atoms. The van der Waals surface area contributed by atoms with Gasteiger partial charge >= 0.3 is 11.9 Å². The maximum absolute atomic E-state index is 13.1. The average Bonchev–Trinajstić information content (AvgIpc) is 3.60. The molecule has 0 atom stereocenters. The summed E-state index contributed by atoms with van der Waals surface area (Å²) in [6.45, 7) is 0.118. The maximum atomic E-state index is 13.1. The summed E-state index contributed by atoms with van der Waals surface area (Å²) in [6.07, 6.45) is -2.63. The Morgan fingerprint density at radius 3 is 2.36 bits per heavy atom. The lowest BCUT2D eigenvalue weighted by atomic mass is 10.2. The van der Waals surface area contributed by atoms with Crippen molar-refractivity contribution in [2.45, 2.75) is 25.6 Å². The summed E-state index contributed by atoms with van der Waals surface area (Å²) in [5.74, 6) is -0.430. The van der Waals surface area contributed by atoms with E-state index in [-0.39, 0.29) is 12.2 Å². The Hall–Kier alpha value is -3.40. The molecule has 1 aliphatic rings. The molecule has 1 amide bonds. The second-order valence-corrected chi connectivity index (χ2v) is 8.13. The van der Waals surface area contributed by atoms with Gasteiger partial charge in [0.2, 0.25) is 5.69 Å². The standard InChI is InChI=1S/C22H18ClF3N4O3/c23-17-4-2-1-3-14(17)12-29-20(32)18(19(31)27-11-13-5-6-13)28-30(21(29)33)16-9-7-15(8-10-16)22(24,25)26/h1-4,7-10,13H,5-6,11-12H2,(H,27,31).